The largest absolute Gasteiger partial charge is 0.371 e. The van der Waals surface area contributed by atoms with Crippen LogP contribution >= 0.6 is 0 Å². The number of anilines is 1. The van der Waals surface area contributed by atoms with Gasteiger partial charge in [-0.1, -0.05) is 55.8 Å². The van der Waals surface area contributed by atoms with Crippen molar-refractivity contribution in [1.82, 2.24) is 0 Å². The molecule has 1 heteroatoms. The highest BCUT2D eigenvalue weighted by atomic mass is 15.1. The van der Waals surface area contributed by atoms with Crippen molar-refractivity contribution in [2.75, 3.05) is 18.0 Å². The van der Waals surface area contributed by atoms with Gasteiger partial charge in [-0.25, -0.2) is 0 Å². The van der Waals surface area contributed by atoms with Crippen molar-refractivity contribution in [2.24, 2.45) is 11.8 Å². The third-order valence-electron chi connectivity index (χ3n) is 4.99. The van der Waals surface area contributed by atoms with E-state index in [1.807, 2.05) is 0 Å². The van der Waals surface area contributed by atoms with Crippen molar-refractivity contribution in [2.45, 2.75) is 40.0 Å². The highest BCUT2D eigenvalue weighted by molar-refractivity contribution is 5.48. The van der Waals surface area contributed by atoms with Gasteiger partial charge in [0, 0.05) is 18.8 Å². The van der Waals surface area contributed by atoms with Gasteiger partial charge in [-0.05, 0) is 61.3 Å². The van der Waals surface area contributed by atoms with Gasteiger partial charge >= 0.3 is 0 Å². The molecule has 1 aliphatic rings. The first kappa shape index (κ1) is 16.1. The Labute approximate surface area is 141 Å². The number of benzene rings is 2. The molecule has 1 heterocycles. The van der Waals surface area contributed by atoms with Gasteiger partial charge in [0.05, 0.1) is 0 Å². The normalized spacial score (nSPS) is 21.4. The summed E-state index contributed by atoms with van der Waals surface area (Å²) in [7, 11) is 0. The summed E-state index contributed by atoms with van der Waals surface area (Å²) >= 11 is 0. The second-order valence-electron chi connectivity index (χ2n) is 7.50. The number of hydrogen-bond acceptors (Lipinski definition) is 1. The van der Waals surface area contributed by atoms with E-state index in [1.54, 1.807) is 0 Å². The van der Waals surface area contributed by atoms with Gasteiger partial charge in [-0.15, -0.1) is 0 Å². The molecule has 0 amide bonds. The van der Waals surface area contributed by atoms with E-state index in [-0.39, 0.29) is 0 Å². The first-order valence-corrected chi connectivity index (χ1v) is 8.99. The highest BCUT2D eigenvalue weighted by Gasteiger charge is 2.21. The molecule has 0 saturated carbocycles. The Bertz CT molecular complexity index is 601. The van der Waals surface area contributed by atoms with Gasteiger partial charge in [-0.3, -0.25) is 0 Å². The maximum absolute atomic E-state index is 2.56. The molecule has 0 unspecified atom stereocenters. The predicted molar refractivity (Wildman–Crippen MR) is 100 cm³/mol. The third kappa shape index (κ3) is 4.37. The van der Waals surface area contributed by atoms with Crippen LogP contribution in [0, 0.1) is 18.8 Å². The zero-order valence-corrected chi connectivity index (χ0v) is 14.8. The Balaban J connectivity index is 1.59. The van der Waals surface area contributed by atoms with Crippen LogP contribution in [0.3, 0.4) is 0 Å². The fraction of sp³-hybridized carbons (Fsp3) is 0.455. The minimum Gasteiger partial charge on any atom is -0.371 e. The molecular weight excluding hydrogens is 278 g/mol. The van der Waals surface area contributed by atoms with Crippen LogP contribution in [0.2, 0.25) is 0 Å². The minimum atomic E-state index is 0.806. The number of nitrogens with zero attached hydrogens (tertiary/aromatic N) is 1. The van der Waals surface area contributed by atoms with Crippen LogP contribution in [0.25, 0.3) is 0 Å². The molecule has 0 aliphatic carbocycles. The van der Waals surface area contributed by atoms with E-state index in [0.717, 1.165) is 24.7 Å². The maximum atomic E-state index is 2.56. The Morgan fingerprint density at radius 2 is 1.26 bits per heavy atom. The van der Waals surface area contributed by atoms with Crippen molar-refractivity contribution in [3.8, 4) is 0 Å². The summed E-state index contributed by atoms with van der Waals surface area (Å²) in [4.78, 5) is 2.56. The fourth-order valence-corrected chi connectivity index (χ4v) is 3.79. The molecule has 2 aromatic rings. The molecule has 2 aromatic carbocycles. The second-order valence-corrected chi connectivity index (χ2v) is 7.50. The molecule has 1 aliphatic heterocycles. The van der Waals surface area contributed by atoms with Crippen molar-refractivity contribution >= 4 is 5.69 Å². The molecule has 0 bridgehead atoms. The molecule has 2 atom stereocenters. The van der Waals surface area contributed by atoms with Crippen LogP contribution in [0.1, 0.15) is 37.0 Å². The van der Waals surface area contributed by atoms with Crippen LogP contribution < -0.4 is 4.90 Å². The predicted octanol–water partition coefficient (Wildman–Crippen LogP) is 5.26. The van der Waals surface area contributed by atoms with Crippen molar-refractivity contribution in [1.29, 1.82) is 0 Å². The van der Waals surface area contributed by atoms with E-state index in [0.29, 0.717) is 0 Å². The lowest BCUT2D eigenvalue weighted by Crippen LogP contribution is -2.38. The Hall–Kier alpha value is -1.76. The van der Waals surface area contributed by atoms with Gasteiger partial charge in [0.15, 0.2) is 0 Å². The highest BCUT2D eigenvalue weighted by Crippen LogP contribution is 2.26. The second kappa shape index (κ2) is 7.21. The molecule has 122 valence electrons. The van der Waals surface area contributed by atoms with E-state index in [9.17, 15) is 0 Å². The van der Waals surface area contributed by atoms with Gasteiger partial charge in [0.2, 0.25) is 0 Å². The fourth-order valence-electron chi connectivity index (χ4n) is 3.79. The molecule has 0 spiro atoms. The standard InChI is InChI=1S/C22H29N/c1-17-4-6-20(7-5-17)8-9-21-10-12-22(13-11-21)23-15-18(2)14-19(3)16-23/h4-7,10-13,18-19H,8-9,14-16H2,1-3H3/t18-,19+. The van der Waals surface area contributed by atoms with Crippen LogP contribution in [-0.4, -0.2) is 13.1 Å². The Morgan fingerprint density at radius 3 is 1.78 bits per heavy atom. The van der Waals surface area contributed by atoms with E-state index in [1.165, 1.54) is 41.9 Å². The zero-order chi connectivity index (χ0) is 16.2. The monoisotopic (exact) mass is 307 g/mol. The molecule has 23 heavy (non-hydrogen) atoms. The van der Waals surface area contributed by atoms with Crippen molar-refractivity contribution in [3.05, 3.63) is 65.2 Å². The first-order chi connectivity index (χ1) is 11.1. The Kier molecular flexibility index (Phi) is 5.05. The van der Waals surface area contributed by atoms with Gasteiger partial charge in [0.1, 0.15) is 0 Å². The van der Waals surface area contributed by atoms with Gasteiger partial charge in [-0.2, -0.15) is 0 Å². The number of aryl methyl sites for hydroxylation is 3. The number of hydrogen-bond donors (Lipinski definition) is 0. The molecule has 1 saturated heterocycles. The van der Waals surface area contributed by atoms with E-state index in [2.05, 4.69) is 74.2 Å². The molecular formula is C22H29N. The average Bonchev–Trinajstić information content (AvgIpc) is 2.54. The third-order valence-corrected chi connectivity index (χ3v) is 4.99. The first-order valence-electron chi connectivity index (χ1n) is 8.99. The topological polar surface area (TPSA) is 3.24 Å². The molecule has 1 fully saturated rings. The minimum absolute atomic E-state index is 0.806. The summed E-state index contributed by atoms with van der Waals surface area (Å²) in [5.41, 5.74) is 5.59. The molecule has 0 N–H and O–H groups in total. The molecule has 1 nitrogen and oxygen atoms in total. The molecule has 3 rings (SSSR count). The van der Waals surface area contributed by atoms with Crippen LogP contribution in [0.5, 0.6) is 0 Å². The summed E-state index contributed by atoms with van der Waals surface area (Å²) in [6, 6.07) is 18.2. The van der Waals surface area contributed by atoms with Crippen molar-refractivity contribution in [3.63, 3.8) is 0 Å². The van der Waals surface area contributed by atoms with Crippen LogP contribution in [-0.2, 0) is 12.8 Å². The quantitative estimate of drug-likeness (QED) is 0.744. The summed E-state index contributed by atoms with van der Waals surface area (Å²) < 4.78 is 0. The van der Waals surface area contributed by atoms with Crippen LogP contribution in [0.4, 0.5) is 5.69 Å². The summed E-state index contributed by atoms with van der Waals surface area (Å²) in [6.07, 6.45) is 3.61. The van der Waals surface area contributed by atoms with E-state index >= 15 is 0 Å². The number of piperidine rings is 1. The lowest BCUT2D eigenvalue weighted by atomic mass is 9.91. The Morgan fingerprint density at radius 1 is 0.783 bits per heavy atom. The van der Waals surface area contributed by atoms with E-state index in [4.69, 9.17) is 0 Å². The van der Waals surface area contributed by atoms with E-state index < -0.39 is 0 Å². The van der Waals surface area contributed by atoms with Gasteiger partial charge in [0.25, 0.3) is 0 Å². The van der Waals surface area contributed by atoms with Crippen molar-refractivity contribution < 1.29 is 0 Å². The summed E-state index contributed by atoms with van der Waals surface area (Å²) in [5, 5.41) is 0. The number of rotatable bonds is 4. The summed E-state index contributed by atoms with van der Waals surface area (Å²) in [6.45, 7) is 9.29. The molecule has 0 radical (unpaired) electrons. The lowest BCUT2D eigenvalue weighted by molar-refractivity contribution is 0.357. The smallest absolute Gasteiger partial charge is 0.0366 e. The zero-order valence-electron chi connectivity index (χ0n) is 14.8. The average molecular weight is 307 g/mol. The molecule has 0 aromatic heterocycles. The van der Waals surface area contributed by atoms with Crippen LogP contribution in [0.15, 0.2) is 48.5 Å². The lowest BCUT2D eigenvalue weighted by Gasteiger charge is -2.36. The SMILES string of the molecule is Cc1ccc(CCc2ccc(N3C[C@H](C)C[C@H](C)C3)cc2)cc1. The maximum Gasteiger partial charge on any atom is 0.0366 e. The van der Waals surface area contributed by atoms with Gasteiger partial charge < -0.3 is 4.90 Å². The summed E-state index contributed by atoms with van der Waals surface area (Å²) in [5.74, 6) is 1.61.